The minimum atomic E-state index is 0. The van der Waals surface area contributed by atoms with E-state index < -0.39 is 0 Å². The molecule has 0 saturated carbocycles. The van der Waals surface area contributed by atoms with Gasteiger partial charge in [0.1, 0.15) is 0 Å². The van der Waals surface area contributed by atoms with Crippen molar-refractivity contribution in [2.24, 2.45) is 4.99 Å². The van der Waals surface area contributed by atoms with Crippen LogP contribution >= 0.6 is 12.2 Å². The van der Waals surface area contributed by atoms with E-state index >= 15 is 0 Å². The van der Waals surface area contributed by atoms with E-state index in [2.05, 4.69) is 10.3 Å². The molecule has 2 rings (SSSR count). The van der Waals surface area contributed by atoms with Crippen molar-refractivity contribution in [1.29, 1.82) is 0 Å². The van der Waals surface area contributed by atoms with Crippen LogP contribution in [0.5, 0.6) is 0 Å². The van der Waals surface area contributed by atoms with Gasteiger partial charge in [0.05, 0.1) is 11.8 Å². The molecule has 1 atom stereocenters. The number of aliphatic imine (C=N–C) groups is 1. The zero-order valence-electron chi connectivity index (χ0n) is 5.54. The Balaban J connectivity index is 0.000000605. The maximum Gasteiger partial charge on any atom is 0.193 e. The molecule has 1 aliphatic carbocycles. The summed E-state index contributed by atoms with van der Waals surface area (Å²) >= 11 is 4.87. The molecule has 11 heavy (non-hydrogen) atoms. The third kappa shape index (κ3) is 1.68. The second kappa shape index (κ2) is 3.45. The van der Waals surface area contributed by atoms with Gasteiger partial charge in [0.15, 0.2) is 5.11 Å². The van der Waals surface area contributed by atoms with Crippen molar-refractivity contribution in [3.63, 3.8) is 0 Å². The molecule has 1 heterocycles. The number of nitrogens with one attached hydrogen (secondary N) is 1. The number of allylic oxidation sites excluding steroid dienone is 2. The van der Waals surface area contributed by atoms with Crippen LogP contribution < -0.4 is 5.32 Å². The van der Waals surface area contributed by atoms with Gasteiger partial charge in [-0.25, -0.2) is 4.99 Å². The van der Waals surface area contributed by atoms with E-state index in [1.165, 1.54) is 0 Å². The fraction of sp³-hybridized carbons (Fsp3) is 0.143. The van der Waals surface area contributed by atoms with Crippen molar-refractivity contribution in [1.82, 2.24) is 5.32 Å². The van der Waals surface area contributed by atoms with E-state index in [1.54, 1.807) is 0 Å². The summed E-state index contributed by atoms with van der Waals surface area (Å²) in [6, 6.07) is 0.234. The number of hydrogen-bond acceptors (Lipinski definition) is 1. The second-order valence-corrected chi connectivity index (χ2v) is 2.59. The van der Waals surface area contributed by atoms with Crippen LogP contribution in [0.1, 0.15) is 0 Å². The second-order valence-electron chi connectivity index (χ2n) is 2.21. The zero-order valence-corrected chi connectivity index (χ0v) is 8.53. The molecule has 61 valence electrons. The van der Waals surface area contributed by atoms with Gasteiger partial charge in [0.25, 0.3) is 0 Å². The van der Waals surface area contributed by atoms with E-state index in [0.717, 1.165) is 5.71 Å². The topological polar surface area (TPSA) is 24.4 Å². The molecule has 0 fully saturated rings. The zero-order chi connectivity index (χ0) is 6.97. The van der Waals surface area contributed by atoms with Gasteiger partial charge in [-0.1, -0.05) is 18.2 Å². The molecule has 1 unspecified atom stereocenters. The molecule has 0 aromatic carbocycles. The Hall–Kier alpha value is -0.220. The van der Waals surface area contributed by atoms with Crippen LogP contribution in [0.4, 0.5) is 0 Å². The molecule has 0 saturated heterocycles. The van der Waals surface area contributed by atoms with E-state index in [-0.39, 0.29) is 28.4 Å². The summed E-state index contributed by atoms with van der Waals surface area (Å²) in [5.41, 5.74) is 1.02. The van der Waals surface area contributed by atoms with Crippen molar-refractivity contribution in [2.45, 2.75) is 6.04 Å². The van der Waals surface area contributed by atoms with Gasteiger partial charge in [0.2, 0.25) is 0 Å². The number of rotatable bonds is 0. The molecule has 1 N–H and O–H groups in total. The minimum Gasteiger partial charge on any atom is -0.349 e. The van der Waals surface area contributed by atoms with E-state index in [9.17, 15) is 0 Å². The Bertz CT molecular complexity index is 268. The first-order valence-corrected chi connectivity index (χ1v) is 3.51. The van der Waals surface area contributed by atoms with Crippen LogP contribution in [-0.2, 0) is 22.4 Å². The van der Waals surface area contributed by atoms with Gasteiger partial charge in [-0.2, -0.15) is 0 Å². The van der Waals surface area contributed by atoms with Gasteiger partial charge in [-0.15, -0.1) is 0 Å². The minimum absolute atomic E-state index is 0. The summed E-state index contributed by atoms with van der Waals surface area (Å²) in [6.07, 6.45) is 7.96. The van der Waals surface area contributed by atoms with Crippen molar-refractivity contribution in [2.75, 3.05) is 0 Å². The maximum atomic E-state index is 4.87. The average Bonchev–Trinajstić information content (AvgIpc) is 2.27. The molecule has 0 spiro atoms. The van der Waals surface area contributed by atoms with E-state index in [1.807, 2.05) is 24.3 Å². The largest absolute Gasteiger partial charge is 0.349 e. The predicted molar refractivity (Wildman–Crippen MR) is 45.2 cm³/mol. The first-order chi connectivity index (χ1) is 4.86. The van der Waals surface area contributed by atoms with Crippen molar-refractivity contribution in [3.05, 3.63) is 24.3 Å². The molecule has 0 amide bonds. The van der Waals surface area contributed by atoms with Crippen LogP contribution in [-0.4, -0.2) is 16.9 Å². The molecule has 1 aliphatic heterocycles. The summed E-state index contributed by atoms with van der Waals surface area (Å²) in [4.78, 5) is 4.11. The predicted octanol–water partition coefficient (Wildman–Crippen LogP) is 0.808. The number of hydrogen-bond donors (Lipinski definition) is 1. The fourth-order valence-corrected chi connectivity index (χ4v) is 1.28. The maximum absolute atomic E-state index is 4.87. The Morgan fingerprint density at radius 2 is 2.27 bits per heavy atom. The Kier molecular flexibility index (Phi) is 2.78. The third-order valence-corrected chi connectivity index (χ3v) is 1.72. The Morgan fingerprint density at radius 1 is 1.45 bits per heavy atom. The standard InChI is InChI=1S/C7H6N2S.Au/c10-7-8-5-3-1-2-4-6(5)9-7;/h1-5H,(H,8,10);. The van der Waals surface area contributed by atoms with Gasteiger partial charge in [-0.3, -0.25) is 0 Å². The van der Waals surface area contributed by atoms with Gasteiger partial charge in [-0.05, 0) is 18.3 Å². The first-order valence-electron chi connectivity index (χ1n) is 3.10. The molecular weight excluding hydrogens is 341 g/mol. The molecule has 0 aromatic heterocycles. The van der Waals surface area contributed by atoms with Crippen molar-refractivity contribution in [3.8, 4) is 0 Å². The summed E-state index contributed by atoms with van der Waals surface area (Å²) in [5.74, 6) is 0. The summed E-state index contributed by atoms with van der Waals surface area (Å²) in [7, 11) is 0. The van der Waals surface area contributed by atoms with Crippen LogP contribution in [0.15, 0.2) is 29.3 Å². The van der Waals surface area contributed by atoms with Gasteiger partial charge < -0.3 is 5.32 Å². The van der Waals surface area contributed by atoms with E-state index in [4.69, 9.17) is 12.2 Å². The van der Waals surface area contributed by atoms with Crippen molar-refractivity contribution >= 4 is 23.0 Å². The molecule has 2 nitrogen and oxygen atoms in total. The number of thiocarbonyl (C=S) groups is 1. The average molecular weight is 347 g/mol. The fourth-order valence-electron chi connectivity index (χ4n) is 1.04. The molecule has 1 radical (unpaired) electrons. The van der Waals surface area contributed by atoms with Crippen LogP contribution in [0, 0.1) is 0 Å². The number of fused-ring (bicyclic) bond motifs is 1. The normalized spacial score (nSPS) is 25.3. The van der Waals surface area contributed by atoms with Crippen LogP contribution in [0.3, 0.4) is 0 Å². The molecule has 0 bridgehead atoms. The SMILES string of the molecule is S=C1N=C2C=CC=CC2N1.[Au]. The van der Waals surface area contributed by atoms with Crippen LogP contribution in [0.25, 0.3) is 0 Å². The Morgan fingerprint density at radius 3 is 3.00 bits per heavy atom. The first kappa shape index (κ1) is 8.87. The van der Waals surface area contributed by atoms with Gasteiger partial charge in [0, 0.05) is 22.4 Å². The molecule has 2 aliphatic rings. The van der Waals surface area contributed by atoms with Crippen molar-refractivity contribution < 1.29 is 22.4 Å². The van der Waals surface area contributed by atoms with Crippen LogP contribution in [0.2, 0.25) is 0 Å². The molecular formula is C7H6AuN2S. The Labute approximate surface area is 86.0 Å². The molecule has 4 heteroatoms. The smallest absolute Gasteiger partial charge is 0.193 e. The number of nitrogens with zero attached hydrogens (tertiary/aromatic N) is 1. The monoisotopic (exact) mass is 347 g/mol. The summed E-state index contributed by atoms with van der Waals surface area (Å²) in [5, 5.41) is 3.64. The van der Waals surface area contributed by atoms with E-state index in [0.29, 0.717) is 5.11 Å². The third-order valence-electron chi connectivity index (χ3n) is 1.51. The molecule has 0 aromatic rings. The quantitative estimate of drug-likeness (QED) is 0.518. The van der Waals surface area contributed by atoms with Gasteiger partial charge >= 0.3 is 0 Å². The summed E-state index contributed by atoms with van der Waals surface area (Å²) in [6.45, 7) is 0. The summed E-state index contributed by atoms with van der Waals surface area (Å²) < 4.78 is 0.